The summed E-state index contributed by atoms with van der Waals surface area (Å²) in [5, 5.41) is 1.54. The van der Waals surface area contributed by atoms with Gasteiger partial charge in [-0.05, 0) is 57.4 Å². The highest BCUT2D eigenvalue weighted by molar-refractivity contribution is 7.92. The number of halogens is 2. The Morgan fingerprint density at radius 3 is 2.37 bits per heavy atom. The standard InChI is InChI=1S/C25H32F2N2O4S2/c1-16-22(35(31,32)23(13-28-16)17-8-6-5-7-9-17)11-18-10-21(27)19(12-20(18)26)25(14-33-15-25)29-34(30)24(2,3)4/h5-10,12,16,22-23,28-29H,11,13-15H2,1-4H3/t16-,22?,23-,34?/m0/s1. The van der Waals surface area contributed by atoms with Gasteiger partial charge in [0.25, 0.3) is 0 Å². The summed E-state index contributed by atoms with van der Waals surface area (Å²) in [7, 11) is -5.21. The molecule has 2 fully saturated rings. The van der Waals surface area contributed by atoms with Crippen LogP contribution in [0, 0.1) is 11.6 Å². The number of hydrogen-bond acceptors (Lipinski definition) is 5. The van der Waals surface area contributed by atoms with E-state index in [-0.39, 0.29) is 37.3 Å². The molecule has 4 rings (SSSR count). The molecule has 0 spiro atoms. The summed E-state index contributed by atoms with van der Waals surface area (Å²) in [6, 6.07) is 10.6. The number of rotatable bonds is 6. The van der Waals surface area contributed by atoms with Crippen molar-refractivity contribution in [2.75, 3.05) is 19.8 Å². The van der Waals surface area contributed by atoms with Crippen molar-refractivity contribution in [3.05, 3.63) is 70.8 Å². The summed E-state index contributed by atoms with van der Waals surface area (Å²) in [6.07, 6.45) is -0.159. The van der Waals surface area contributed by atoms with E-state index >= 15 is 8.78 Å². The first-order valence-corrected chi connectivity index (χ1v) is 14.4. The van der Waals surface area contributed by atoms with Crippen molar-refractivity contribution in [3.63, 3.8) is 0 Å². The summed E-state index contributed by atoms with van der Waals surface area (Å²) in [5.74, 6) is -1.38. The predicted molar refractivity (Wildman–Crippen MR) is 133 cm³/mol. The number of nitrogens with one attached hydrogen (secondary N) is 2. The van der Waals surface area contributed by atoms with Crippen molar-refractivity contribution in [1.29, 1.82) is 0 Å². The normalized spacial score (nSPS) is 26.6. The molecule has 2 aliphatic heterocycles. The van der Waals surface area contributed by atoms with Gasteiger partial charge < -0.3 is 10.1 Å². The smallest absolute Gasteiger partial charge is 0.163 e. The molecular weight excluding hydrogens is 494 g/mol. The molecule has 0 amide bonds. The molecule has 2 unspecified atom stereocenters. The minimum atomic E-state index is -3.68. The lowest BCUT2D eigenvalue weighted by molar-refractivity contribution is -0.0677. The first-order chi connectivity index (χ1) is 16.3. The van der Waals surface area contributed by atoms with Crippen LogP contribution in [0.4, 0.5) is 8.78 Å². The number of ether oxygens (including phenoxy) is 1. The van der Waals surface area contributed by atoms with E-state index in [0.29, 0.717) is 5.56 Å². The van der Waals surface area contributed by atoms with Crippen LogP contribution in [0.3, 0.4) is 0 Å². The van der Waals surface area contributed by atoms with E-state index in [1.807, 2.05) is 6.07 Å². The lowest BCUT2D eigenvalue weighted by atomic mass is 9.87. The zero-order chi connectivity index (χ0) is 25.6. The van der Waals surface area contributed by atoms with Crippen LogP contribution in [0.15, 0.2) is 42.5 Å². The fourth-order valence-electron chi connectivity index (χ4n) is 4.54. The maximum absolute atomic E-state index is 15.4. The Labute approximate surface area is 208 Å². The predicted octanol–water partition coefficient (Wildman–Crippen LogP) is 3.30. The highest BCUT2D eigenvalue weighted by Crippen LogP contribution is 2.36. The average Bonchev–Trinajstić information content (AvgIpc) is 2.75. The van der Waals surface area contributed by atoms with Crippen molar-refractivity contribution in [3.8, 4) is 0 Å². The Morgan fingerprint density at radius 1 is 1.14 bits per heavy atom. The van der Waals surface area contributed by atoms with Gasteiger partial charge in [0.15, 0.2) is 9.84 Å². The van der Waals surface area contributed by atoms with E-state index < -0.39 is 59.3 Å². The minimum absolute atomic E-state index is 0.00507. The largest absolute Gasteiger partial charge is 0.377 e. The molecule has 10 heteroatoms. The molecule has 0 radical (unpaired) electrons. The summed E-state index contributed by atoms with van der Waals surface area (Å²) < 4.78 is 78.0. The van der Waals surface area contributed by atoms with Crippen molar-refractivity contribution >= 4 is 20.8 Å². The van der Waals surface area contributed by atoms with E-state index in [9.17, 15) is 12.6 Å². The Kier molecular flexibility index (Phi) is 7.25. The highest BCUT2D eigenvalue weighted by Gasteiger charge is 2.46. The second-order valence-corrected chi connectivity index (χ2v) is 14.7. The van der Waals surface area contributed by atoms with Crippen LogP contribution in [0.5, 0.6) is 0 Å². The molecule has 6 nitrogen and oxygen atoms in total. The van der Waals surface area contributed by atoms with Crippen LogP contribution in [0.1, 0.15) is 49.6 Å². The maximum atomic E-state index is 15.4. The fraction of sp³-hybridized carbons (Fsp3) is 0.520. The van der Waals surface area contributed by atoms with Gasteiger partial charge in [-0.25, -0.2) is 26.1 Å². The third-order valence-corrected chi connectivity index (χ3v) is 11.1. The van der Waals surface area contributed by atoms with E-state index in [4.69, 9.17) is 4.74 Å². The maximum Gasteiger partial charge on any atom is 0.163 e. The summed E-state index contributed by atoms with van der Waals surface area (Å²) in [5.41, 5.74) is -0.410. The van der Waals surface area contributed by atoms with Crippen molar-refractivity contribution < 1.29 is 26.1 Å². The van der Waals surface area contributed by atoms with Gasteiger partial charge >= 0.3 is 0 Å². The molecule has 2 saturated heterocycles. The van der Waals surface area contributed by atoms with Gasteiger partial charge in [-0.1, -0.05) is 30.3 Å². The van der Waals surface area contributed by atoms with Gasteiger partial charge in [0.1, 0.15) is 17.2 Å². The van der Waals surface area contributed by atoms with Crippen molar-refractivity contribution in [2.24, 2.45) is 0 Å². The van der Waals surface area contributed by atoms with Gasteiger partial charge in [0.2, 0.25) is 0 Å². The SMILES string of the molecule is C[C@@H]1NC[C@@H](c2ccccc2)S(=O)(=O)C1Cc1cc(F)c(C2(NS(=O)C(C)(C)C)COC2)cc1F. The molecule has 0 saturated carbocycles. The van der Waals surface area contributed by atoms with Gasteiger partial charge in [0.05, 0.1) is 39.4 Å². The molecule has 35 heavy (non-hydrogen) atoms. The molecular formula is C25H32F2N2O4S2. The Bertz CT molecular complexity index is 1210. The molecule has 192 valence electrons. The molecule has 2 N–H and O–H groups in total. The molecule has 2 aromatic carbocycles. The lowest BCUT2D eigenvalue weighted by Gasteiger charge is -2.43. The van der Waals surface area contributed by atoms with Crippen LogP contribution in [0.2, 0.25) is 0 Å². The van der Waals surface area contributed by atoms with Gasteiger partial charge in [-0.3, -0.25) is 0 Å². The van der Waals surface area contributed by atoms with Crippen molar-refractivity contribution in [2.45, 2.75) is 60.9 Å². The zero-order valence-corrected chi connectivity index (χ0v) is 21.9. The average molecular weight is 527 g/mol. The number of benzene rings is 2. The summed E-state index contributed by atoms with van der Waals surface area (Å²) in [6.45, 7) is 7.48. The van der Waals surface area contributed by atoms with Gasteiger partial charge in [-0.2, -0.15) is 0 Å². The van der Waals surface area contributed by atoms with Crippen molar-refractivity contribution in [1.82, 2.24) is 10.0 Å². The van der Waals surface area contributed by atoms with Gasteiger partial charge in [-0.15, -0.1) is 0 Å². The second kappa shape index (κ2) is 9.63. The van der Waals surface area contributed by atoms with Crippen LogP contribution in [-0.2, 0) is 37.5 Å². The quantitative estimate of drug-likeness (QED) is 0.604. The van der Waals surface area contributed by atoms with Crippen LogP contribution < -0.4 is 10.0 Å². The summed E-state index contributed by atoms with van der Waals surface area (Å²) >= 11 is 0. The Morgan fingerprint density at radius 2 is 1.80 bits per heavy atom. The van der Waals surface area contributed by atoms with Crippen LogP contribution >= 0.6 is 0 Å². The molecule has 2 heterocycles. The van der Waals surface area contributed by atoms with Gasteiger partial charge in [0, 0.05) is 18.2 Å². The Balaban J connectivity index is 1.63. The monoisotopic (exact) mass is 526 g/mol. The zero-order valence-electron chi connectivity index (χ0n) is 20.3. The molecule has 0 aliphatic carbocycles. The summed E-state index contributed by atoms with van der Waals surface area (Å²) in [4.78, 5) is 0. The van der Waals surface area contributed by atoms with E-state index in [1.165, 1.54) is 0 Å². The third-order valence-electron chi connectivity index (χ3n) is 6.79. The molecule has 4 atom stereocenters. The fourth-order valence-corrected chi connectivity index (χ4v) is 7.79. The lowest BCUT2D eigenvalue weighted by Crippen LogP contribution is -2.60. The van der Waals surface area contributed by atoms with Crippen LogP contribution in [0.25, 0.3) is 0 Å². The first-order valence-electron chi connectivity index (χ1n) is 11.6. The highest BCUT2D eigenvalue weighted by atomic mass is 32.2. The number of hydrogen-bond donors (Lipinski definition) is 2. The third kappa shape index (κ3) is 5.09. The first kappa shape index (κ1) is 26.3. The number of sulfone groups is 1. The second-order valence-electron chi connectivity index (χ2n) is 10.4. The van der Waals surface area contributed by atoms with E-state index in [2.05, 4.69) is 10.0 Å². The molecule has 2 aliphatic rings. The molecule has 0 aromatic heterocycles. The van der Waals surface area contributed by atoms with Crippen LogP contribution in [-0.4, -0.2) is 48.4 Å². The Hall–Kier alpha value is -1.72. The van der Waals surface area contributed by atoms with E-state index in [1.54, 1.807) is 52.0 Å². The molecule has 2 aromatic rings. The molecule has 0 bridgehead atoms. The van der Waals surface area contributed by atoms with E-state index in [0.717, 1.165) is 12.1 Å². The minimum Gasteiger partial charge on any atom is -0.377 e. The topological polar surface area (TPSA) is 84.5 Å².